The van der Waals surface area contributed by atoms with Crippen LogP contribution in [0.4, 0.5) is 5.69 Å². The Morgan fingerprint density at radius 2 is 1.91 bits per heavy atom. The predicted octanol–water partition coefficient (Wildman–Crippen LogP) is 3.25. The van der Waals surface area contributed by atoms with Crippen molar-refractivity contribution in [2.45, 2.75) is 45.3 Å². The third-order valence-corrected chi connectivity index (χ3v) is 5.11. The second-order valence-electron chi connectivity index (χ2n) is 6.94. The summed E-state index contributed by atoms with van der Waals surface area (Å²) >= 11 is 0. The molecule has 2 aliphatic heterocycles. The van der Waals surface area contributed by atoms with Crippen LogP contribution in [0.5, 0.6) is 5.75 Å². The SMILES string of the molecule is C=C(C)N1CCC(Oc2cc3c(cc2C)C(O)CCN3C)CC1. The quantitative estimate of drug-likeness (QED) is 0.928. The Kier molecular flexibility index (Phi) is 4.53. The fourth-order valence-electron chi connectivity index (χ4n) is 3.55. The number of nitrogens with zero attached hydrogens (tertiary/aromatic N) is 2. The van der Waals surface area contributed by atoms with Crippen molar-refractivity contribution in [2.24, 2.45) is 0 Å². The molecule has 1 aromatic carbocycles. The molecule has 0 bridgehead atoms. The molecule has 1 N–H and O–H groups in total. The van der Waals surface area contributed by atoms with Crippen LogP contribution in [0.2, 0.25) is 0 Å². The molecule has 0 saturated carbocycles. The topological polar surface area (TPSA) is 35.9 Å². The van der Waals surface area contributed by atoms with Crippen molar-refractivity contribution in [1.82, 2.24) is 4.90 Å². The van der Waals surface area contributed by atoms with Crippen LogP contribution < -0.4 is 9.64 Å². The van der Waals surface area contributed by atoms with Gasteiger partial charge in [0, 0.05) is 62.5 Å². The summed E-state index contributed by atoms with van der Waals surface area (Å²) in [5, 5.41) is 10.2. The van der Waals surface area contributed by atoms with Crippen molar-refractivity contribution in [3.8, 4) is 5.75 Å². The third kappa shape index (κ3) is 3.32. The molecule has 4 nitrogen and oxygen atoms in total. The smallest absolute Gasteiger partial charge is 0.124 e. The normalized spacial score (nSPS) is 22.0. The maximum atomic E-state index is 10.2. The number of ether oxygens (including phenoxy) is 1. The molecule has 0 aromatic heterocycles. The van der Waals surface area contributed by atoms with E-state index < -0.39 is 0 Å². The number of aliphatic hydroxyl groups excluding tert-OH is 1. The number of aliphatic hydroxyl groups is 1. The molecule has 126 valence electrons. The third-order valence-electron chi connectivity index (χ3n) is 5.11. The highest BCUT2D eigenvalue weighted by Gasteiger charge is 2.25. The van der Waals surface area contributed by atoms with E-state index in [1.165, 1.54) is 0 Å². The van der Waals surface area contributed by atoms with E-state index in [2.05, 4.69) is 49.4 Å². The lowest BCUT2D eigenvalue weighted by Gasteiger charge is -2.35. The maximum absolute atomic E-state index is 10.2. The maximum Gasteiger partial charge on any atom is 0.124 e. The summed E-state index contributed by atoms with van der Waals surface area (Å²) in [4.78, 5) is 4.53. The first-order valence-corrected chi connectivity index (χ1v) is 8.56. The minimum Gasteiger partial charge on any atom is -0.490 e. The Morgan fingerprint density at radius 3 is 2.57 bits per heavy atom. The molecule has 1 saturated heterocycles. The zero-order valence-corrected chi connectivity index (χ0v) is 14.5. The molecule has 1 atom stereocenters. The number of hydrogen-bond donors (Lipinski definition) is 1. The number of aryl methyl sites for hydroxylation is 1. The van der Waals surface area contributed by atoms with Gasteiger partial charge in [0.15, 0.2) is 0 Å². The summed E-state index contributed by atoms with van der Waals surface area (Å²) in [5.74, 6) is 0.957. The van der Waals surface area contributed by atoms with E-state index in [9.17, 15) is 5.11 Å². The number of hydrogen-bond acceptors (Lipinski definition) is 4. The lowest BCUT2D eigenvalue weighted by molar-refractivity contribution is 0.117. The number of piperidine rings is 1. The van der Waals surface area contributed by atoms with E-state index in [1.54, 1.807) is 0 Å². The average molecular weight is 316 g/mol. The van der Waals surface area contributed by atoms with E-state index in [4.69, 9.17) is 4.74 Å². The Balaban J connectivity index is 1.74. The van der Waals surface area contributed by atoms with Gasteiger partial charge in [-0.2, -0.15) is 0 Å². The number of benzene rings is 1. The Morgan fingerprint density at radius 1 is 1.22 bits per heavy atom. The van der Waals surface area contributed by atoms with E-state index in [-0.39, 0.29) is 12.2 Å². The van der Waals surface area contributed by atoms with Gasteiger partial charge in [0.2, 0.25) is 0 Å². The van der Waals surface area contributed by atoms with Crippen molar-refractivity contribution in [3.63, 3.8) is 0 Å². The van der Waals surface area contributed by atoms with E-state index >= 15 is 0 Å². The molecule has 1 fully saturated rings. The number of likely N-dealkylation sites (tertiary alicyclic amines) is 1. The zero-order chi connectivity index (χ0) is 16.6. The van der Waals surface area contributed by atoms with E-state index in [1.807, 2.05) is 0 Å². The first-order chi connectivity index (χ1) is 11.0. The van der Waals surface area contributed by atoms with Crippen LogP contribution in [0.15, 0.2) is 24.4 Å². The first kappa shape index (κ1) is 16.2. The standard InChI is InChI=1S/C19H28N2O2/c1-13(2)21-9-5-15(6-10-21)23-19-12-17-16(11-14(19)3)18(22)7-8-20(17)4/h11-12,15,18,22H,1,5-10H2,2-4H3. The van der Waals surface area contributed by atoms with Gasteiger partial charge < -0.3 is 19.6 Å². The highest BCUT2D eigenvalue weighted by molar-refractivity contribution is 5.61. The van der Waals surface area contributed by atoms with Gasteiger partial charge in [0.25, 0.3) is 0 Å². The van der Waals surface area contributed by atoms with Crippen LogP contribution in [-0.2, 0) is 0 Å². The van der Waals surface area contributed by atoms with E-state index in [0.29, 0.717) is 0 Å². The van der Waals surface area contributed by atoms with Crippen LogP contribution in [0.1, 0.15) is 43.4 Å². The summed E-state index contributed by atoms with van der Waals surface area (Å²) in [6, 6.07) is 4.20. The fourth-order valence-corrected chi connectivity index (χ4v) is 3.55. The molecular formula is C19H28N2O2. The lowest BCUT2D eigenvalue weighted by Crippen LogP contribution is -2.37. The lowest BCUT2D eigenvalue weighted by atomic mass is 9.96. The summed E-state index contributed by atoms with van der Waals surface area (Å²) in [6.45, 7) is 11.1. The van der Waals surface area contributed by atoms with Crippen LogP contribution >= 0.6 is 0 Å². The highest BCUT2D eigenvalue weighted by Crippen LogP contribution is 2.38. The van der Waals surface area contributed by atoms with Gasteiger partial charge in [0.05, 0.1) is 6.10 Å². The number of anilines is 1. The number of rotatable bonds is 3. The van der Waals surface area contributed by atoms with Gasteiger partial charge in [-0.25, -0.2) is 0 Å². The monoisotopic (exact) mass is 316 g/mol. The van der Waals surface area contributed by atoms with Crippen molar-refractivity contribution in [1.29, 1.82) is 0 Å². The molecule has 0 aliphatic carbocycles. The molecule has 0 radical (unpaired) electrons. The van der Waals surface area contributed by atoms with Gasteiger partial charge in [-0.15, -0.1) is 0 Å². The van der Waals surface area contributed by atoms with Crippen LogP contribution in [0.3, 0.4) is 0 Å². The zero-order valence-electron chi connectivity index (χ0n) is 14.5. The molecule has 2 heterocycles. The minimum absolute atomic E-state index is 0.265. The summed E-state index contributed by atoms with van der Waals surface area (Å²) < 4.78 is 6.30. The van der Waals surface area contributed by atoms with Crippen LogP contribution in [-0.4, -0.2) is 42.8 Å². The number of fused-ring (bicyclic) bond motifs is 1. The summed E-state index contributed by atoms with van der Waals surface area (Å²) in [7, 11) is 2.08. The molecular weight excluding hydrogens is 288 g/mol. The molecule has 1 aromatic rings. The van der Waals surface area contributed by atoms with E-state index in [0.717, 1.165) is 67.2 Å². The molecule has 4 heteroatoms. The van der Waals surface area contributed by atoms with Crippen LogP contribution in [0.25, 0.3) is 0 Å². The largest absolute Gasteiger partial charge is 0.490 e. The van der Waals surface area contributed by atoms with Gasteiger partial charge in [-0.1, -0.05) is 6.58 Å². The average Bonchev–Trinajstić information content (AvgIpc) is 2.53. The molecule has 1 unspecified atom stereocenters. The Bertz CT molecular complexity index is 591. The first-order valence-electron chi connectivity index (χ1n) is 8.56. The summed E-state index contributed by atoms with van der Waals surface area (Å²) in [6.07, 6.45) is 2.76. The van der Waals surface area contributed by atoms with Gasteiger partial charge >= 0.3 is 0 Å². The van der Waals surface area contributed by atoms with Crippen molar-refractivity contribution in [2.75, 3.05) is 31.6 Å². The fraction of sp³-hybridized carbons (Fsp3) is 0.579. The van der Waals surface area contributed by atoms with Crippen molar-refractivity contribution in [3.05, 3.63) is 35.5 Å². The second-order valence-corrected chi connectivity index (χ2v) is 6.94. The number of allylic oxidation sites excluding steroid dienone is 1. The molecule has 3 rings (SSSR count). The van der Waals surface area contributed by atoms with Crippen molar-refractivity contribution < 1.29 is 9.84 Å². The second kappa shape index (κ2) is 6.44. The Labute approximate surface area is 139 Å². The van der Waals surface area contributed by atoms with Crippen molar-refractivity contribution >= 4 is 5.69 Å². The molecule has 2 aliphatic rings. The summed E-state index contributed by atoms with van der Waals surface area (Å²) in [5.41, 5.74) is 4.38. The molecule has 0 spiro atoms. The van der Waals surface area contributed by atoms with Crippen LogP contribution in [0, 0.1) is 6.92 Å². The van der Waals surface area contributed by atoms with Gasteiger partial charge in [-0.05, 0) is 31.9 Å². The van der Waals surface area contributed by atoms with Gasteiger partial charge in [0.1, 0.15) is 11.9 Å². The highest BCUT2D eigenvalue weighted by atomic mass is 16.5. The Hall–Kier alpha value is -1.68. The van der Waals surface area contributed by atoms with Gasteiger partial charge in [-0.3, -0.25) is 0 Å². The molecule has 0 amide bonds. The minimum atomic E-state index is -0.354. The molecule has 23 heavy (non-hydrogen) atoms. The predicted molar refractivity (Wildman–Crippen MR) is 94.1 cm³/mol.